The molecule has 2 N–H and O–H groups in total. The molecule has 0 atom stereocenters. The zero-order valence-electron chi connectivity index (χ0n) is 16.5. The third-order valence-corrected chi connectivity index (χ3v) is 5.51. The number of aromatic nitrogens is 4. The van der Waals surface area contributed by atoms with Gasteiger partial charge < -0.3 is 5.73 Å². The van der Waals surface area contributed by atoms with Crippen LogP contribution in [0.3, 0.4) is 0 Å². The molecule has 2 aromatic carbocycles. The van der Waals surface area contributed by atoms with Gasteiger partial charge in [0.25, 0.3) is 0 Å². The quantitative estimate of drug-likeness (QED) is 0.388. The molecule has 2 aromatic heterocycles. The Morgan fingerprint density at radius 2 is 1.86 bits per heavy atom. The molecule has 0 unspecified atom stereocenters. The lowest BCUT2D eigenvalue weighted by molar-refractivity contribution is 0.487. The van der Waals surface area contributed by atoms with Gasteiger partial charge in [-0.1, -0.05) is 38.1 Å². The van der Waals surface area contributed by atoms with Crippen molar-refractivity contribution in [1.82, 2.24) is 19.7 Å². The molecule has 0 radical (unpaired) electrons. The molecule has 7 heteroatoms. The first-order valence-corrected chi connectivity index (χ1v) is 10.3. The van der Waals surface area contributed by atoms with Crippen molar-refractivity contribution in [3.8, 4) is 11.1 Å². The molecule has 0 fully saturated rings. The lowest BCUT2D eigenvalue weighted by atomic mass is 10.1. The minimum Gasteiger partial charge on any atom is -0.368 e. The SMILES string of the molecule is CC(C)CCn1cc(-c2ccc3nc(N)nc(N(Br)c4ccccc4)c3c2)cn1. The highest BCUT2D eigenvalue weighted by molar-refractivity contribution is 9.10. The molecule has 2 heterocycles. The molecule has 29 heavy (non-hydrogen) atoms. The molecule has 148 valence electrons. The van der Waals surface area contributed by atoms with Crippen LogP contribution in [0.15, 0.2) is 60.9 Å². The molecule has 4 rings (SSSR count). The van der Waals surface area contributed by atoms with E-state index in [0.29, 0.717) is 11.7 Å². The first kappa shape index (κ1) is 19.4. The zero-order valence-corrected chi connectivity index (χ0v) is 18.0. The number of benzene rings is 2. The maximum atomic E-state index is 5.97. The average molecular weight is 451 g/mol. The van der Waals surface area contributed by atoms with Gasteiger partial charge >= 0.3 is 0 Å². The molecule has 0 bridgehead atoms. The number of halogens is 1. The Morgan fingerprint density at radius 3 is 2.62 bits per heavy atom. The number of para-hydroxylation sites is 1. The third kappa shape index (κ3) is 4.24. The van der Waals surface area contributed by atoms with Crippen molar-refractivity contribution in [2.75, 3.05) is 9.66 Å². The van der Waals surface area contributed by atoms with Gasteiger partial charge in [-0.05, 0) is 42.2 Å². The number of hydrogen-bond donors (Lipinski definition) is 1. The van der Waals surface area contributed by atoms with Gasteiger partial charge in [-0.3, -0.25) is 8.61 Å². The molecule has 6 nitrogen and oxygen atoms in total. The Morgan fingerprint density at radius 1 is 1.07 bits per heavy atom. The van der Waals surface area contributed by atoms with E-state index in [4.69, 9.17) is 5.73 Å². The minimum atomic E-state index is 0.238. The minimum absolute atomic E-state index is 0.238. The maximum absolute atomic E-state index is 5.97. The standard InChI is InChI=1S/C22H23BrN6/c1-15(2)10-11-28-14-17(13-25-28)16-8-9-20-19(12-16)21(27-22(24)26-20)29(23)18-6-4-3-5-7-18/h3-9,12-15H,10-11H2,1-2H3,(H2,24,26,27). The second-order valence-electron chi connectivity index (χ2n) is 7.43. The average Bonchev–Trinajstić information content (AvgIpc) is 3.20. The van der Waals surface area contributed by atoms with Gasteiger partial charge in [0.1, 0.15) is 0 Å². The number of hydrogen-bond acceptors (Lipinski definition) is 5. The summed E-state index contributed by atoms with van der Waals surface area (Å²) in [5.41, 5.74) is 9.86. The summed E-state index contributed by atoms with van der Waals surface area (Å²) >= 11 is 3.64. The summed E-state index contributed by atoms with van der Waals surface area (Å²) in [6, 6.07) is 16.0. The monoisotopic (exact) mass is 450 g/mol. The second-order valence-corrected chi connectivity index (χ2v) is 8.14. The highest BCUT2D eigenvalue weighted by Crippen LogP contribution is 2.35. The van der Waals surface area contributed by atoms with Crippen molar-refractivity contribution in [1.29, 1.82) is 0 Å². The van der Waals surface area contributed by atoms with Crippen molar-refractivity contribution in [2.24, 2.45) is 5.92 Å². The van der Waals surface area contributed by atoms with Crippen LogP contribution in [0.4, 0.5) is 17.5 Å². The number of rotatable bonds is 6. The highest BCUT2D eigenvalue weighted by atomic mass is 79.9. The molecular formula is C22H23BrN6. The van der Waals surface area contributed by atoms with E-state index in [0.717, 1.165) is 40.7 Å². The number of nitrogens with two attached hydrogens (primary N) is 1. The van der Waals surface area contributed by atoms with E-state index in [-0.39, 0.29) is 5.95 Å². The van der Waals surface area contributed by atoms with Crippen LogP contribution in [0, 0.1) is 5.92 Å². The first-order chi connectivity index (χ1) is 14.0. The summed E-state index contributed by atoms with van der Waals surface area (Å²) < 4.78 is 3.85. The lowest BCUT2D eigenvalue weighted by Gasteiger charge is -2.18. The Labute approximate surface area is 178 Å². The topological polar surface area (TPSA) is 72.9 Å². The van der Waals surface area contributed by atoms with Crippen LogP contribution >= 0.6 is 16.1 Å². The number of anilines is 3. The molecule has 0 amide bonds. The van der Waals surface area contributed by atoms with Crippen molar-refractivity contribution in [2.45, 2.75) is 26.8 Å². The van der Waals surface area contributed by atoms with Crippen molar-refractivity contribution < 1.29 is 0 Å². The van der Waals surface area contributed by atoms with Crippen LogP contribution in [0.2, 0.25) is 0 Å². The summed E-state index contributed by atoms with van der Waals surface area (Å²) in [5, 5.41) is 5.42. The summed E-state index contributed by atoms with van der Waals surface area (Å²) in [4.78, 5) is 8.89. The van der Waals surface area contributed by atoms with Crippen LogP contribution in [0.1, 0.15) is 20.3 Å². The van der Waals surface area contributed by atoms with E-state index in [1.807, 2.05) is 57.3 Å². The second kappa shape index (κ2) is 8.21. The van der Waals surface area contributed by atoms with Crippen LogP contribution in [-0.4, -0.2) is 19.7 Å². The summed E-state index contributed by atoms with van der Waals surface area (Å²) in [5.74, 6) is 1.59. The van der Waals surface area contributed by atoms with Crippen LogP contribution < -0.4 is 9.66 Å². The molecule has 0 saturated carbocycles. The van der Waals surface area contributed by atoms with Crippen LogP contribution in [-0.2, 0) is 6.54 Å². The predicted molar refractivity (Wildman–Crippen MR) is 122 cm³/mol. The number of aryl methyl sites for hydroxylation is 1. The van der Waals surface area contributed by atoms with E-state index < -0.39 is 0 Å². The van der Waals surface area contributed by atoms with E-state index >= 15 is 0 Å². The van der Waals surface area contributed by atoms with Gasteiger partial charge in [0.15, 0.2) is 5.82 Å². The lowest BCUT2D eigenvalue weighted by Crippen LogP contribution is -2.07. The molecule has 0 saturated heterocycles. The fourth-order valence-corrected chi connectivity index (χ4v) is 3.67. The van der Waals surface area contributed by atoms with E-state index in [2.05, 4.69) is 57.3 Å². The number of fused-ring (bicyclic) bond motifs is 1. The summed E-state index contributed by atoms with van der Waals surface area (Å²) in [7, 11) is 0. The summed E-state index contributed by atoms with van der Waals surface area (Å²) in [6.45, 7) is 5.36. The van der Waals surface area contributed by atoms with Gasteiger partial charge in [0, 0.05) is 23.7 Å². The fourth-order valence-electron chi connectivity index (χ4n) is 3.17. The zero-order chi connectivity index (χ0) is 20.4. The van der Waals surface area contributed by atoms with Gasteiger partial charge in [0.2, 0.25) is 5.95 Å². The molecule has 0 aliphatic rings. The van der Waals surface area contributed by atoms with Gasteiger partial charge in [-0.25, -0.2) is 4.98 Å². The van der Waals surface area contributed by atoms with Crippen LogP contribution in [0.5, 0.6) is 0 Å². The molecule has 0 aliphatic heterocycles. The van der Waals surface area contributed by atoms with E-state index in [1.54, 1.807) is 0 Å². The smallest absolute Gasteiger partial charge is 0.222 e. The predicted octanol–water partition coefficient (Wildman–Crippen LogP) is 5.57. The van der Waals surface area contributed by atoms with E-state index in [9.17, 15) is 0 Å². The van der Waals surface area contributed by atoms with Crippen molar-refractivity contribution in [3.05, 3.63) is 60.9 Å². The van der Waals surface area contributed by atoms with E-state index in [1.165, 1.54) is 0 Å². The van der Waals surface area contributed by atoms with Gasteiger partial charge in [-0.15, -0.1) is 0 Å². The summed E-state index contributed by atoms with van der Waals surface area (Å²) in [6.07, 6.45) is 5.10. The third-order valence-electron chi connectivity index (χ3n) is 4.76. The first-order valence-electron chi connectivity index (χ1n) is 9.62. The van der Waals surface area contributed by atoms with Crippen LogP contribution in [0.25, 0.3) is 22.0 Å². The molecule has 4 aromatic rings. The molecular weight excluding hydrogens is 428 g/mol. The number of nitrogen functional groups attached to an aromatic ring is 1. The van der Waals surface area contributed by atoms with Crippen molar-refractivity contribution in [3.63, 3.8) is 0 Å². The normalized spacial score (nSPS) is 11.3. The highest BCUT2D eigenvalue weighted by Gasteiger charge is 2.15. The Bertz CT molecular complexity index is 1120. The van der Waals surface area contributed by atoms with Gasteiger partial charge in [0.05, 0.1) is 33.5 Å². The van der Waals surface area contributed by atoms with Crippen molar-refractivity contribution >= 4 is 44.5 Å². The molecule has 0 aliphatic carbocycles. The fraction of sp³-hybridized carbons (Fsp3) is 0.227. The van der Waals surface area contributed by atoms with Gasteiger partial charge in [-0.2, -0.15) is 10.1 Å². The Hall–Kier alpha value is -2.93. The Balaban J connectivity index is 1.74. The maximum Gasteiger partial charge on any atom is 0.222 e. The Kier molecular flexibility index (Phi) is 5.49. The number of nitrogens with zero attached hydrogens (tertiary/aromatic N) is 5. The largest absolute Gasteiger partial charge is 0.368 e. The molecule has 0 spiro atoms.